The first-order valence-electron chi connectivity index (χ1n) is 6.36. The van der Waals surface area contributed by atoms with Gasteiger partial charge in [-0.15, -0.1) is 0 Å². The fourth-order valence-corrected chi connectivity index (χ4v) is 3.54. The summed E-state index contributed by atoms with van der Waals surface area (Å²) in [6.45, 7) is 2.14. The number of hydrogen-bond acceptors (Lipinski definition) is 4. The third-order valence-electron chi connectivity index (χ3n) is 3.62. The number of hydrogen-bond donors (Lipinski definition) is 2. The Labute approximate surface area is 127 Å². The SMILES string of the molecule is CC1OCCC1(O)CNS(=O)(=O)c1ccc(CBr)cc1. The molecule has 1 aliphatic heterocycles. The van der Waals surface area contributed by atoms with Crippen LogP contribution in [0.15, 0.2) is 29.2 Å². The molecule has 2 rings (SSSR count). The van der Waals surface area contributed by atoms with Crippen LogP contribution >= 0.6 is 15.9 Å². The number of aliphatic hydroxyl groups is 1. The van der Waals surface area contributed by atoms with Crippen molar-refractivity contribution in [3.63, 3.8) is 0 Å². The van der Waals surface area contributed by atoms with Gasteiger partial charge in [-0.2, -0.15) is 0 Å². The van der Waals surface area contributed by atoms with E-state index < -0.39 is 15.6 Å². The van der Waals surface area contributed by atoms with E-state index >= 15 is 0 Å². The second-order valence-corrected chi connectivity index (χ2v) is 7.30. The van der Waals surface area contributed by atoms with Crippen LogP contribution in [-0.2, 0) is 20.1 Å². The van der Waals surface area contributed by atoms with Crippen LogP contribution < -0.4 is 4.72 Å². The van der Waals surface area contributed by atoms with Crippen LogP contribution in [-0.4, -0.2) is 38.4 Å². The number of rotatable bonds is 5. The predicted molar refractivity (Wildman–Crippen MR) is 79.2 cm³/mol. The molecule has 2 atom stereocenters. The second kappa shape index (κ2) is 6.11. The van der Waals surface area contributed by atoms with E-state index in [0.29, 0.717) is 18.4 Å². The molecule has 2 unspecified atom stereocenters. The molecule has 20 heavy (non-hydrogen) atoms. The normalized spacial score (nSPS) is 26.9. The first-order chi connectivity index (χ1) is 9.37. The molecule has 0 bridgehead atoms. The zero-order valence-corrected chi connectivity index (χ0v) is 13.6. The zero-order valence-electron chi connectivity index (χ0n) is 11.2. The third-order valence-corrected chi connectivity index (χ3v) is 5.68. The Morgan fingerprint density at radius 1 is 1.45 bits per heavy atom. The van der Waals surface area contributed by atoms with Gasteiger partial charge in [0.05, 0.1) is 11.0 Å². The minimum absolute atomic E-state index is 0.0449. The Kier molecular flexibility index (Phi) is 4.86. The van der Waals surface area contributed by atoms with Gasteiger partial charge in [-0.3, -0.25) is 0 Å². The molecular weight excluding hydrogens is 346 g/mol. The Bertz CT molecular complexity index is 560. The van der Waals surface area contributed by atoms with Gasteiger partial charge in [0.25, 0.3) is 0 Å². The molecule has 0 amide bonds. The average molecular weight is 364 g/mol. The number of sulfonamides is 1. The summed E-state index contributed by atoms with van der Waals surface area (Å²) in [7, 11) is -3.62. The summed E-state index contributed by atoms with van der Waals surface area (Å²) in [5, 5.41) is 11.0. The molecule has 1 aromatic carbocycles. The lowest BCUT2D eigenvalue weighted by atomic mass is 9.97. The van der Waals surface area contributed by atoms with Crippen molar-refractivity contribution in [1.82, 2.24) is 4.72 Å². The molecule has 7 heteroatoms. The van der Waals surface area contributed by atoms with Gasteiger partial charge in [-0.25, -0.2) is 13.1 Å². The number of benzene rings is 1. The predicted octanol–water partition coefficient (Wildman–Crippen LogP) is 1.40. The topological polar surface area (TPSA) is 75.6 Å². The molecule has 1 fully saturated rings. The third kappa shape index (κ3) is 3.40. The van der Waals surface area contributed by atoms with Crippen molar-refractivity contribution in [3.8, 4) is 0 Å². The first-order valence-corrected chi connectivity index (χ1v) is 8.96. The Morgan fingerprint density at radius 2 is 2.10 bits per heavy atom. The van der Waals surface area contributed by atoms with Crippen molar-refractivity contribution in [2.45, 2.75) is 35.3 Å². The maximum absolute atomic E-state index is 12.2. The second-order valence-electron chi connectivity index (χ2n) is 4.97. The van der Waals surface area contributed by atoms with Crippen molar-refractivity contribution in [2.75, 3.05) is 13.2 Å². The number of halogens is 1. The van der Waals surface area contributed by atoms with Gasteiger partial charge in [-0.05, 0) is 24.6 Å². The summed E-state index contributed by atoms with van der Waals surface area (Å²) in [5.74, 6) is 0. The van der Waals surface area contributed by atoms with E-state index in [2.05, 4.69) is 20.7 Å². The Hall–Kier alpha value is -0.470. The first kappa shape index (κ1) is 15.9. The van der Waals surface area contributed by atoms with Gasteiger partial charge in [0.2, 0.25) is 10.0 Å². The highest BCUT2D eigenvalue weighted by Crippen LogP contribution is 2.25. The van der Waals surface area contributed by atoms with Crippen molar-refractivity contribution in [2.24, 2.45) is 0 Å². The fourth-order valence-electron chi connectivity index (χ4n) is 2.06. The van der Waals surface area contributed by atoms with Crippen LogP contribution in [0.3, 0.4) is 0 Å². The smallest absolute Gasteiger partial charge is 0.240 e. The van der Waals surface area contributed by atoms with E-state index in [1.165, 1.54) is 0 Å². The highest BCUT2D eigenvalue weighted by Gasteiger charge is 2.40. The van der Waals surface area contributed by atoms with Crippen LogP contribution in [0.5, 0.6) is 0 Å². The lowest BCUT2D eigenvalue weighted by Gasteiger charge is -2.26. The van der Waals surface area contributed by atoms with Crippen LogP contribution in [0.2, 0.25) is 0 Å². The molecule has 1 heterocycles. The molecule has 5 nitrogen and oxygen atoms in total. The number of nitrogens with one attached hydrogen (secondary N) is 1. The van der Waals surface area contributed by atoms with Crippen LogP contribution in [0.25, 0.3) is 0 Å². The molecular formula is C13H18BrNO4S. The van der Waals surface area contributed by atoms with E-state index in [0.717, 1.165) is 5.56 Å². The summed E-state index contributed by atoms with van der Waals surface area (Å²) >= 11 is 3.31. The largest absolute Gasteiger partial charge is 0.386 e. The summed E-state index contributed by atoms with van der Waals surface area (Å²) < 4.78 is 32.1. The Morgan fingerprint density at radius 3 is 2.60 bits per heavy atom. The van der Waals surface area contributed by atoms with Gasteiger partial charge < -0.3 is 9.84 Å². The lowest BCUT2D eigenvalue weighted by molar-refractivity contribution is -0.0228. The molecule has 1 saturated heterocycles. The summed E-state index contributed by atoms with van der Waals surface area (Å²) in [5.41, 5.74) is -0.136. The molecule has 1 aromatic rings. The van der Waals surface area contributed by atoms with E-state index in [1.54, 1.807) is 31.2 Å². The van der Waals surface area contributed by atoms with E-state index in [4.69, 9.17) is 4.74 Å². The van der Waals surface area contributed by atoms with Gasteiger partial charge in [0, 0.05) is 24.9 Å². The monoisotopic (exact) mass is 363 g/mol. The molecule has 1 aliphatic rings. The van der Waals surface area contributed by atoms with Crippen molar-refractivity contribution in [1.29, 1.82) is 0 Å². The van der Waals surface area contributed by atoms with Crippen molar-refractivity contribution in [3.05, 3.63) is 29.8 Å². The molecule has 2 N–H and O–H groups in total. The molecule has 0 radical (unpaired) electrons. The number of ether oxygens (including phenoxy) is 1. The van der Waals surface area contributed by atoms with Crippen LogP contribution in [0.4, 0.5) is 0 Å². The minimum Gasteiger partial charge on any atom is -0.386 e. The van der Waals surface area contributed by atoms with Gasteiger partial charge >= 0.3 is 0 Å². The zero-order chi connectivity index (χ0) is 14.8. The molecule has 0 aliphatic carbocycles. The van der Waals surface area contributed by atoms with Crippen LogP contribution in [0.1, 0.15) is 18.9 Å². The highest BCUT2D eigenvalue weighted by molar-refractivity contribution is 9.08. The van der Waals surface area contributed by atoms with Gasteiger partial charge in [0.1, 0.15) is 5.60 Å². The maximum atomic E-state index is 12.2. The quantitative estimate of drug-likeness (QED) is 0.775. The van der Waals surface area contributed by atoms with Crippen LogP contribution in [0, 0.1) is 0 Å². The summed E-state index contributed by atoms with van der Waals surface area (Å²) in [6, 6.07) is 6.60. The van der Waals surface area contributed by atoms with E-state index in [-0.39, 0.29) is 17.5 Å². The summed E-state index contributed by atoms with van der Waals surface area (Å²) in [4.78, 5) is 0.192. The molecule has 112 valence electrons. The standard InChI is InChI=1S/C13H18BrNO4S/c1-10-13(16,6-7-19-10)9-15-20(17,18)12-4-2-11(8-14)3-5-12/h2-5,10,15-16H,6-9H2,1H3. The van der Waals surface area contributed by atoms with E-state index in [1.807, 2.05) is 0 Å². The fraction of sp³-hybridized carbons (Fsp3) is 0.538. The molecule has 0 saturated carbocycles. The maximum Gasteiger partial charge on any atom is 0.240 e. The highest BCUT2D eigenvalue weighted by atomic mass is 79.9. The van der Waals surface area contributed by atoms with Crippen molar-refractivity contribution >= 4 is 26.0 Å². The summed E-state index contributed by atoms with van der Waals surface area (Å²) in [6.07, 6.45) is 0.0557. The minimum atomic E-state index is -3.62. The molecule has 0 spiro atoms. The average Bonchev–Trinajstić information content (AvgIpc) is 2.77. The van der Waals surface area contributed by atoms with Gasteiger partial charge in [0.15, 0.2) is 0 Å². The lowest BCUT2D eigenvalue weighted by Crippen LogP contribution is -2.47. The van der Waals surface area contributed by atoms with Crippen molar-refractivity contribution < 1.29 is 18.3 Å². The number of alkyl halides is 1. The van der Waals surface area contributed by atoms with Gasteiger partial charge in [-0.1, -0.05) is 28.1 Å². The Balaban J connectivity index is 2.07. The van der Waals surface area contributed by atoms with E-state index in [9.17, 15) is 13.5 Å². The molecule has 0 aromatic heterocycles.